The Morgan fingerprint density at radius 3 is 2.36 bits per heavy atom. The standard InChI is InChI=1S/C24H22F6N4O2/c25-23(26,27)16-6-9-20(33-13-16)36-18-3-1-2-15(11-18)10-14-4-7-17(8-5-14)34-22(35)19(12-31)21(32)24(28,29)30/h1-3,6,9-13,17,31H,4-5,7-8,32H2,(H,34,35)/b14-10?,21-19+,31-12?. The van der Waals surface area contributed by atoms with Gasteiger partial charge in [-0.25, -0.2) is 4.98 Å². The Kier molecular flexibility index (Phi) is 8.06. The van der Waals surface area contributed by atoms with Crippen molar-refractivity contribution in [2.45, 2.75) is 44.1 Å². The molecule has 0 bridgehead atoms. The number of carbonyl (C=O) groups is 1. The zero-order valence-electron chi connectivity index (χ0n) is 18.7. The first-order chi connectivity index (χ1) is 16.9. The molecule has 1 fully saturated rings. The van der Waals surface area contributed by atoms with E-state index in [1.807, 2.05) is 12.1 Å². The first-order valence-electron chi connectivity index (χ1n) is 10.8. The smallest absolute Gasteiger partial charge is 0.431 e. The number of nitrogens with two attached hydrogens (primary N) is 1. The summed E-state index contributed by atoms with van der Waals surface area (Å²) in [7, 11) is 0. The van der Waals surface area contributed by atoms with Crippen LogP contribution in [0.2, 0.25) is 0 Å². The molecule has 6 nitrogen and oxygen atoms in total. The van der Waals surface area contributed by atoms with Crippen LogP contribution in [0.4, 0.5) is 26.3 Å². The van der Waals surface area contributed by atoms with Crippen LogP contribution in [-0.4, -0.2) is 29.3 Å². The molecule has 1 heterocycles. The van der Waals surface area contributed by atoms with Gasteiger partial charge in [0.25, 0.3) is 5.91 Å². The Hall–Kier alpha value is -3.83. The summed E-state index contributed by atoms with van der Waals surface area (Å²) < 4.78 is 81.9. The molecule has 1 saturated carbocycles. The molecule has 1 aliphatic carbocycles. The van der Waals surface area contributed by atoms with E-state index in [4.69, 9.17) is 15.9 Å². The van der Waals surface area contributed by atoms with Crippen LogP contribution in [0.25, 0.3) is 6.08 Å². The van der Waals surface area contributed by atoms with Crippen molar-refractivity contribution in [1.82, 2.24) is 10.3 Å². The summed E-state index contributed by atoms with van der Waals surface area (Å²) >= 11 is 0. The summed E-state index contributed by atoms with van der Waals surface area (Å²) in [6.45, 7) is 0. The van der Waals surface area contributed by atoms with E-state index in [1.54, 1.807) is 18.2 Å². The SMILES string of the molecule is N=C/C(C(=O)NC1CCC(=Cc2cccc(Oc3ccc(C(F)(F)F)cn3)c2)CC1)=C(\N)C(F)(F)F. The summed E-state index contributed by atoms with van der Waals surface area (Å²) in [6.07, 6.45) is -4.37. The molecule has 1 aromatic heterocycles. The molecule has 0 atom stereocenters. The van der Waals surface area contributed by atoms with Gasteiger partial charge in [-0.15, -0.1) is 0 Å². The lowest BCUT2D eigenvalue weighted by Crippen LogP contribution is -2.39. The molecule has 4 N–H and O–H groups in total. The van der Waals surface area contributed by atoms with Crippen LogP contribution in [0.5, 0.6) is 11.6 Å². The average Bonchev–Trinajstić information content (AvgIpc) is 2.80. The number of nitrogens with zero attached hydrogens (tertiary/aromatic N) is 1. The van der Waals surface area contributed by atoms with Crippen molar-refractivity contribution in [2.24, 2.45) is 5.73 Å². The van der Waals surface area contributed by atoms with E-state index in [-0.39, 0.29) is 11.9 Å². The van der Waals surface area contributed by atoms with E-state index in [9.17, 15) is 31.1 Å². The second-order valence-electron chi connectivity index (χ2n) is 8.08. The summed E-state index contributed by atoms with van der Waals surface area (Å²) in [4.78, 5) is 15.8. The van der Waals surface area contributed by atoms with Crippen LogP contribution in [-0.2, 0) is 11.0 Å². The highest BCUT2D eigenvalue weighted by molar-refractivity contribution is 6.12. The fourth-order valence-electron chi connectivity index (χ4n) is 3.59. The van der Waals surface area contributed by atoms with Crippen LogP contribution in [0.15, 0.2) is 59.4 Å². The lowest BCUT2D eigenvalue weighted by atomic mass is 9.89. The maximum absolute atomic E-state index is 12.8. The van der Waals surface area contributed by atoms with Gasteiger partial charge >= 0.3 is 12.4 Å². The van der Waals surface area contributed by atoms with Gasteiger partial charge in [-0.3, -0.25) is 4.79 Å². The number of amides is 1. The monoisotopic (exact) mass is 512 g/mol. The number of aromatic nitrogens is 1. The third kappa shape index (κ3) is 7.09. The van der Waals surface area contributed by atoms with Crippen LogP contribution < -0.4 is 15.8 Å². The number of rotatable bonds is 6. The van der Waals surface area contributed by atoms with E-state index in [0.717, 1.165) is 23.3 Å². The van der Waals surface area contributed by atoms with Crippen molar-refractivity contribution in [1.29, 1.82) is 5.41 Å². The van der Waals surface area contributed by atoms with E-state index in [1.165, 1.54) is 0 Å². The molecule has 0 spiro atoms. The largest absolute Gasteiger partial charge is 0.439 e. The minimum Gasteiger partial charge on any atom is -0.439 e. The first-order valence-corrected chi connectivity index (χ1v) is 10.8. The van der Waals surface area contributed by atoms with Gasteiger partial charge < -0.3 is 21.2 Å². The molecule has 12 heteroatoms. The van der Waals surface area contributed by atoms with Crippen molar-refractivity contribution in [3.63, 3.8) is 0 Å². The van der Waals surface area contributed by atoms with Gasteiger partial charge in [-0.05, 0) is 49.4 Å². The summed E-state index contributed by atoms with van der Waals surface area (Å²) in [5.74, 6) is -0.654. The van der Waals surface area contributed by atoms with Gasteiger partial charge in [0, 0.05) is 24.5 Å². The molecule has 1 amide bonds. The Balaban J connectivity index is 1.60. The Labute approximate surface area is 202 Å². The lowest BCUT2D eigenvalue weighted by molar-refractivity contribution is -0.137. The third-order valence-electron chi connectivity index (χ3n) is 5.46. The average molecular weight is 512 g/mol. The van der Waals surface area contributed by atoms with Crippen LogP contribution in [0, 0.1) is 5.41 Å². The number of alkyl halides is 6. The number of halogens is 6. The number of hydrogen-bond acceptors (Lipinski definition) is 5. The number of allylic oxidation sites excluding steroid dienone is 2. The maximum atomic E-state index is 12.8. The predicted octanol–water partition coefficient (Wildman–Crippen LogP) is 5.76. The minimum absolute atomic E-state index is 0.00792. The second kappa shape index (κ2) is 10.8. The number of pyridine rings is 1. The molecular weight excluding hydrogens is 490 g/mol. The van der Waals surface area contributed by atoms with Gasteiger partial charge in [0.2, 0.25) is 5.88 Å². The number of carbonyl (C=O) groups excluding carboxylic acids is 1. The molecule has 0 aliphatic heterocycles. The lowest BCUT2D eigenvalue weighted by Gasteiger charge is -2.25. The zero-order chi connectivity index (χ0) is 26.5. The molecule has 36 heavy (non-hydrogen) atoms. The van der Waals surface area contributed by atoms with Crippen molar-refractivity contribution >= 4 is 18.2 Å². The fourth-order valence-corrected chi connectivity index (χ4v) is 3.59. The summed E-state index contributed by atoms with van der Waals surface area (Å²) in [5, 5.41) is 9.61. The Bertz CT molecular complexity index is 1160. The highest BCUT2D eigenvalue weighted by atomic mass is 19.4. The molecule has 0 unspecified atom stereocenters. The van der Waals surface area contributed by atoms with Crippen LogP contribution in [0.3, 0.4) is 0 Å². The van der Waals surface area contributed by atoms with Gasteiger partial charge in [-0.2, -0.15) is 26.3 Å². The molecule has 0 saturated heterocycles. The summed E-state index contributed by atoms with van der Waals surface area (Å²) in [5.41, 5.74) is 3.38. The molecule has 192 valence electrons. The van der Waals surface area contributed by atoms with Gasteiger partial charge in [0.1, 0.15) is 11.4 Å². The van der Waals surface area contributed by atoms with Gasteiger partial charge in [-0.1, -0.05) is 23.8 Å². The molecule has 1 aromatic carbocycles. The Morgan fingerprint density at radius 1 is 1.11 bits per heavy atom. The predicted molar refractivity (Wildman–Crippen MR) is 120 cm³/mol. The Morgan fingerprint density at radius 2 is 1.81 bits per heavy atom. The first kappa shape index (κ1) is 26.8. The van der Waals surface area contributed by atoms with E-state index in [0.29, 0.717) is 43.8 Å². The van der Waals surface area contributed by atoms with Crippen LogP contribution in [0.1, 0.15) is 36.8 Å². The van der Waals surface area contributed by atoms with Crippen LogP contribution >= 0.6 is 0 Å². The zero-order valence-corrected chi connectivity index (χ0v) is 18.7. The third-order valence-corrected chi connectivity index (χ3v) is 5.46. The highest BCUT2D eigenvalue weighted by Gasteiger charge is 2.36. The van der Waals surface area contributed by atoms with E-state index >= 15 is 0 Å². The molecule has 3 rings (SSSR count). The number of nitrogens with one attached hydrogen (secondary N) is 2. The normalized spacial score (nSPS) is 17.2. The quantitative estimate of drug-likeness (QED) is 0.260. The van der Waals surface area contributed by atoms with E-state index in [2.05, 4.69) is 10.3 Å². The topological polar surface area (TPSA) is 101 Å². The molecule has 0 radical (unpaired) electrons. The number of benzene rings is 1. The van der Waals surface area contributed by atoms with E-state index < -0.39 is 35.1 Å². The fraction of sp³-hybridized carbons (Fsp3) is 0.292. The van der Waals surface area contributed by atoms with Crippen molar-refractivity contribution in [3.8, 4) is 11.6 Å². The molecular formula is C24H22F6N4O2. The van der Waals surface area contributed by atoms with Crippen molar-refractivity contribution < 1.29 is 35.9 Å². The van der Waals surface area contributed by atoms with Gasteiger partial charge in [0.05, 0.1) is 11.1 Å². The van der Waals surface area contributed by atoms with Gasteiger partial charge in [0.15, 0.2) is 0 Å². The highest BCUT2D eigenvalue weighted by Crippen LogP contribution is 2.31. The second-order valence-corrected chi connectivity index (χ2v) is 8.08. The number of hydrogen-bond donors (Lipinski definition) is 3. The van der Waals surface area contributed by atoms with Crippen molar-refractivity contribution in [2.75, 3.05) is 0 Å². The minimum atomic E-state index is -4.91. The van der Waals surface area contributed by atoms with Crippen molar-refractivity contribution in [3.05, 3.63) is 70.6 Å². The maximum Gasteiger partial charge on any atom is 0.431 e. The number of ether oxygens (including phenoxy) is 1. The molecule has 1 aliphatic rings. The summed E-state index contributed by atoms with van der Waals surface area (Å²) in [6, 6.07) is 8.50. The molecule has 2 aromatic rings.